The van der Waals surface area contributed by atoms with Crippen molar-refractivity contribution >= 4 is 17.7 Å². The molecule has 0 amide bonds. The zero-order chi connectivity index (χ0) is 12.1. The third-order valence-corrected chi connectivity index (χ3v) is 2.74. The number of nitrogens with zero attached hydrogens (tertiary/aromatic N) is 4. The summed E-state index contributed by atoms with van der Waals surface area (Å²) in [6.07, 6.45) is 1.89. The van der Waals surface area contributed by atoms with E-state index in [9.17, 15) is 20.0 Å². The predicted molar refractivity (Wildman–Crippen MR) is 53.6 cm³/mol. The standard InChI is InChI=1S/C7H10N4O4S.Na/c1-10(4-7(12)13)9-8-5-2-3-6(16-5)11(14)15;/h3,5H,2,4H2,1H3,(H,12,13);/q;+1/p-1. The fourth-order valence-electron chi connectivity index (χ4n) is 0.990. The molecule has 0 fully saturated rings. The molecule has 88 valence electrons. The summed E-state index contributed by atoms with van der Waals surface area (Å²) in [7, 11) is 1.43. The Morgan fingerprint density at radius 3 is 2.88 bits per heavy atom. The fraction of sp³-hybridized carbons (Fsp3) is 0.571. The number of likely N-dealkylation sites (N-methyl/N-ethyl adjacent to an activating group) is 1. The molecule has 1 heterocycles. The van der Waals surface area contributed by atoms with Gasteiger partial charge in [-0.05, 0) is 11.8 Å². The Morgan fingerprint density at radius 2 is 2.41 bits per heavy atom. The van der Waals surface area contributed by atoms with Crippen molar-refractivity contribution in [3.63, 3.8) is 0 Å². The van der Waals surface area contributed by atoms with Gasteiger partial charge in [-0.1, -0.05) is 5.22 Å². The summed E-state index contributed by atoms with van der Waals surface area (Å²) in [6.45, 7) is -0.365. The van der Waals surface area contributed by atoms with E-state index in [1.807, 2.05) is 0 Å². The van der Waals surface area contributed by atoms with Crippen molar-refractivity contribution in [2.45, 2.75) is 11.8 Å². The topological polar surface area (TPSA) is 111 Å². The quantitative estimate of drug-likeness (QED) is 0.222. The average molecular weight is 268 g/mol. The molecule has 8 nitrogen and oxygen atoms in total. The third kappa shape index (κ3) is 6.01. The minimum absolute atomic E-state index is 0. The van der Waals surface area contributed by atoms with E-state index >= 15 is 0 Å². The van der Waals surface area contributed by atoms with Gasteiger partial charge in [0.05, 0.1) is 17.4 Å². The van der Waals surface area contributed by atoms with Crippen molar-refractivity contribution < 1.29 is 44.4 Å². The average Bonchev–Trinajstić information content (AvgIpc) is 2.61. The van der Waals surface area contributed by atoms with Crippen molar-refractivity contribution in [3.05, 3.63) is 21.2 Å². The first-order chi connectivity index (χ1) is 7.49. The first-order valence-corrected chi connectivity index (χ1v) is 5.20. The smallest absolute Gasteiger partial charge is 0.548 e. The molecule has 17 heavy (non-hydrogen) atoms. The van der Waals surface area contributed by atoms with E-state index in [2.05, 4.69) is 10.3 Å². The van der Waals surface area contributed by atoms with Crippen LogP contribution in [0.1, 0.15) is 6.42 Å². The molecule has 0 saturated carbocycles. The van der Waals surface area contributed by atoms with E-state index in [1.165, 1.54) is 13.1 Å². The normalized spacial score (nSPS) is 18.6. The molecule has 1 rings (SSSR count). The van der Waals surface area contributed by atoms with E-state index in [4.69, 9.17) is 0 Å². The van der Waals surface area contributed by atoms with Crippen molar-refractivity contribution in [2.24, 2.45) is 10.3 Å². The number of nitro groups is 1. The minimum atomic E-state index is -1.26. The second-order valence-electron chi connectivity index (χ2n) is 3.00. The van der Waals surface area contributed by atoms with Crippen molar-refractivity contribution in [3.8, 4) is 0 Å². The number of carboxylic acid groups (broad SMARTS) is 1. The van der Waals surface area contributed by atoms with Crippen LogP contribution in [-0.4, -0.2) is 34.9 Å². The zero-order valence-corrected chi connectivity index (χ0v) is 12.2. The van der Waals surface area contributed by atoms with Crippen molar-refractivity contribution in [1.82, 2.24) is 5.01 Å². The summed E-state index contributed by atoms with van der Waals surface area (Å²) in [5, 5.41) is 28.7. The fourth-order valence-corrected chi connectivity index (χ4v) is 1.83. The molecule has 0 radical (unpaired) electrons. The zero-order valence-electron chi connectivity index (χ0n) is 9.40. The SMILES string of the molecule is CN(CC(=O)[O-])N=NC1CC=C([N+](=O)[O-])S1.[Na+]. The molecule has 0 spiro atoms. The van der Waals surface area contributed by atoms with Crippen molar-refractivity contribution in [2.75, 3.05) is 13.6 Å². The Balaban J connectivity index is 0.00000256. The maximum Gasteiger partial charge on any atom is 1.00 e. The summed E-state index contributed by atoms with van der Waals surface area (Å²) in [5.74, 6) is -1.26. The van der Waals surface area contributed by atoms with Gasteiger partial charge >= 0.3 is 34.6 Å². The van der Waals surface area contributed by atoms with Crippen LogP contribution in [-0.2, 0) is 4.79 Å². The van der Waals surface area contributed by atoms with Gasteiger partial charge in [-0.15, -0.1) is 0 Å². The van der Waals surface area contributed by atoms with Gasteiger partial charge in [0.15, 0.2) is 0 Å². The van der Waals surface area contributed by atoms with E-state index in [0.29, 0.717) is 6.42 Å². The van der Waals surface area contributed by atoms with Crippen LogP contribution >= 0.6 is 11.8 Å². The molecule has 1 atom stereocenters. The Bertz CT molecular complexity index is 362. The molecular formula is C7H9N4NaO4S. The van der Waals surface area contributed by atoms with Gasteiger partial charge < -0.3 is 9.90 Å². The number of hydrogen-bond donors (Lipinski definition) is 0. The number of carbonyl (C=O) groups excluding carboxylic acids is 1. The van der Waals surface area contributed by atoms with E-state index < -0.39 is 10.9 Å². The molecule has 0 aliphatic carbocycles. The summed E-state index contributed by atoms with van der Waals surface area (Å²) in [4.78, 5) is 20.1. The molecule has 0 aromatic heterocycles. The Morgan fingerprint density at radius 1 is 1.76 bits per heavy atom. The summed E-state index contributed by atoms with van der Waals surface area (Å²) < 4.78 is 0. The molecule has 0 bridgehead atoms. The second-order valence-corrected chi connectivity index (χ2v) is 4.20. The maximum absolute atomic E-state index is 10.4. The van der Waals surface area contributed by atoms with Crippen LogP contribution in [0.4, 0.5) is 0 Å². The third-order valence-electron chi connectivity index (χ3n) is 1.62. The number of rotatable bonds is 5. The van der Waals surface area contributed by atoms with Crippen molar-refractivity contribution in [1.29, 1.82) is 0 Å². The van der Waals surface area contributed by atoms with Crippen LogP contribution in [0.15, 0.2) is 21.4 Å². The van der Waals surface area contributed by atoms with Crippen LogP contribution in [0.25, 0.3) is 0 Å². The molecule has 0 aromatic rings. The van der Waals surface area contributed by atoms with E-state index in [-0.39, 0.29) is 46.5 Å². The van der Waals surface area contributed by atoms with Crippen LogP contribution in [0.2, 0.25) is 0 Å². The van der Waals surface area contributed by atoms with Gasteiger partial charge in [-0.3, -0.25) is 15.1 Å². The van der Waals surface area contributed by atoms with Gasteiger partial charge in [-0.2, -0.15) is 5.11 Å². The van der Waals surface area contributed by atoms with Crippen LogP contribution < -0.4 is 34.7 Å². The molecule has 10 heteroatoms. The molecular weight excluding hydrogens is 259 g/mol. The second kappa shape index (κ2) is 7.64. The molecule has 1 unspecified atom stereocenters. The number of hydrogen-bond acceptors (Lipinski definition) is 7. The van der Waals surface area contributed by atoms with Gasteiger partial charge in [0.2, 0.25) is 0 Å². The van der Waals surface area contributed by atoms with Gasteiger partial charge in [0.1, 0.15) is 5.37 Å². The molecule has 0 N–H and O–H groups in total. The Kier molecular flexibility index (Phi) is 7.35. The van der Waals surface area contributed by atoms with Crippen LogP contribution in [0.3, 0.4) is 0 Å². The van der Waals surface area contributed by atoms with Gasteiger partial charge in [0.25, 0.3) is 0 Å². The first-order valence-electron chi connectivity index (χ1n) is 4.32. The Labute approximate surface area is 124 Å². The van der Waals surface area contributed by atoms with E-state index in [0.717, 1.165) is 16.8 Å². The molecule has 0 aromatic carbocycles. The Hall–Kier alpha value is -0.640. The maximum atomic E-state index is 10.4. The van der Waals surface area contributed by atoms with E-state index in [1.54, 1.807) is 0 Å². The van der Waals surface area contributed by atoms with Gasteiger partial charge in [0, 0.05) is 19.5 Å². The molecule has 0 saturated heterocycles. The number of carboxylic acids is 1. The summed E-state index contributed by atoms with van der Waals surface area (Å²) in [6, 6.07) is 0. The minimum Gasteiger partial charge on any atom is -0.548 e. The molecule has 1 aliphatic heterocycles. The largest absolute Gasteiger partial charge is 1.00 e. The summed E-state index contributed by atoms with van der Waals surface area (Å²) in [5.41, 5.74) is 0. The predicted octanol–water partition coefficient (Wildman–Crippen LogP) is -3.38. The number of carbonyl (C=O) groups is 1. The molecule has 1 aliphatic rings. The van der Waals surface area contributed by atoms with Gasteiger partial charge in [-0.25, -0.2) is 0 Å². The first kappa shape index (κ1) is 16.4. The van der Waals surface area contributed by atoms with Crippen LogP contribution in [0.5, 0.6) is 0 Å². The summed E-state index contributed by atoms with van der Waals surface area (Å²) >= 11 is 0.992. The number of aliphatic carboxylic acids is 1. The van der Waals surface area contributed by atoms with Crippen LogP contribution in [0, 0.1) is 10.1 Å². The number of thioether (sulfide) groups is 1. The monoisotopic (exact) mass is 268 g/mol.